The zero-order chi connectivity index (χ0) is 13.1. The summed E-state index contributed by atoms with van der Waals surface area (Å²) in [5.74, 6) is 0.0367. The molecule has 0 saturated heterocycles. The third-order valence-electron chi connectivity index (χ3n) is 1.96. The molecule has 0 aliphatic heterocycles. The molecule has 1 atom stereocenters. The van der Waals surface area contributed by atoms with Gasteiger partial charge in [-0.25, -0.2) is 4.98 Å². The molecule has 8 heteroatoms. The van der Waals surface area contributed by atoms with Crippen molar-refractivity contribution in [3.8, 4) is 11.6 Å². The lowest BCUT2D eigenvalue weighted by molar-refractivity contribution is -0.190. The number of alkyl halides is 3. The Morgan fingerprint density at radius 2 is 2.00 bits per heavy atom. The average Bonchev–Trinajstić information content (AvgIpc) is 2.27. The molecule has 0 aromatic carbocycles. The summed E-state index contributed by atoms with van der Waals surface area (Å²) in [6.07, 6.45) is -5.35. The Morgan fingerprint density at radius 3 is 2.47 bits per heavy atom. The highest BCUT2D eigenvalue weighted by Crippen LogP contribution is 2.33. The van der Waals surface area contributed by atoms with E-state index in [-0.39, 0.29) is 17.4 Å². The summed E-state index contributed by atoms with van der Waals surface area (Å²) in [6.45, 7) is 0.889. The van der Waals surface area contributed by atoms with E-state index in [2.05, 4.69) is 15.3 Å². The largest absolute Gasteiger partial charge is 0.489 e. The molecular weight excluding hydrogens is 239 g/mol. The van der Waals surface area contributed by atoms with E-state index in [0.29, 0.717) is 0 Å². The van der Waals surface area contributed by atoms with Crippen molar-refractivity contribution in [1.82, 2.24) is 9.97 Å². The van der Waals surface area contributed by atoms with Crippen LogP contribution < -0.4 is 14.8 Å². The zero-order valence-corrected chi connectivity index (χ0v) is 9.50. The molecular formula is C9H12F3N3O2. The SMILES string of the molecule is CNc1ncnc(OC(C)C(F)(F)F)c1OC. The number of hydrogen-bond acceptors (Lipinski definition) is 5. The highest BCUT2D eigenvalue weighted by molar-refractivity contribution is 5.54. The molecule has 17 heavy (non-hydrogen) atoms. The van der Waals surface area contributed by atoms with Gasteiger partial charge in [-0.3, -0.25) is 0 Å². The Bertz CT molecular complexity index is 384. The second-order valence-corrected chi connectivity index (χ2v) is 3.11. The molecule has 0 fully saturated rings. The van der Waals surface area contributed by atoms with Crippen LogP contribution in [-0.4, -0.2) is 36.4 Å². The van der Waals surface area contributed by atoms with Crippen LogP contribution in [0.15, 0.2) is 6.33 Å². The van der Waals surface area contributed by atoms with Gasteiger partial charge in [0.15, 0.2) is 11.9 Å². The first-order valence-corrected chi connectivity index (χ1v) is 4.70. The van der Waals surface area contributed by atoms with Crippen molar-refractivity contribution in [3.05, 3.63) is 6.33 Å². The lowest BCUT2D eigenvalue weighted by Crippen LogP contribution is -2.31. The van der Waals surface area contributed by atoms with Crippen LogP contribution in [0.1, 0.15) is 6.92 Å². The number of aromatic nitrogens is 2. The average molecular weight is 251 g/mol. The van der Waals surface area contributed by atoms with E-state index in [1.165, 1.54) is 7.11 Å². The van der Waals surface area contributed by atoms with Gasteiger partial charge >= 0.3 is 6.18 Å². The highest BCUT2D eigenvalue weighted by Gasteiger charge is 2.39. The lowest BCUT2D eigenvalue weighted by atomic mass is 10.4. The van der Waals surface area contributed by atoms with Crippen LogP contribution in [0.5, 0.6) is 11.6 Å². The molecule has 1 heterocycles. The van der Waals surface area contributed by atoms with Gasteiger partial charge < -0.3 is 14.8 Å². The van der Waals surface area contributed by atoms with E-state index in [1.54, 1.807) is 7.05 Å². The van der Waals surface area contributed by atoms with Gasteiger partial charge in [0.05, 0.1) is 7.11 Å². The first-order valence-electron chi connectivity index (χ1n) is 4.70. The summed E-state index contributed by atoms with van der Waals surface area (Å²) in [7, 11) is 2.85. The van der Waals surface area contributed by atoms with Crippen LogP contribution in [0.3, 0.4) is 0 Å². The van der Waals surface area contributed by atoms with Crippen molar-refractivity contribution in [2.75, 3.05) is 19.5 Å². The molecule has 0 aliphatic carbocycles. The van der Waals surface area contributed by atoms with Crippen molar-refractivity contribution < 1.29 is 22.6 Å². The second kappa shape index (κ2) is 5.07. The maximum atomic E-state index is 12.3. The van der Waals surface area contributed by atoms with Crippen LogP contribution in [0.25, 0.3) is 0 Å². The monoisotopic (exact) mass is 251 g/mol. The molecule has 0 saturated carbocycles. The van der Waals surface area contributed by atoms with Crippen LogP contribution in [0, 0.1) is 0 Å². The summed E-state index contributed by atoms with van der Waals surface area (Å²) in [4.78, 5) is 7.40. The number of hydrogen-bond donors (Lipinski definition) is 1. The van der Waals surface area contributed by atoms with Gasteiger partial charge in [0.25, 0.3) is 5.88 Å². The zero-order valence-electron chi connectivity index (χ0n) is 9.50. The number of rotatable bonds is 4. The third-order valence-corrected chi connectivity index (χ3v) is 1.96. The molecule has 0 radical (unpaired) electrons. The quantitative estimate of drug-likeness (QED) is 0.885. The van der Waals surface area contributed by atoms with E-state index in [9.17, 15) is 13.2 Å². The predicted octanol–water partition coefficient (Wildman–Crippen LogP) is 1.86. The maximum Gasteiger partial charge on any atom is 0.425 e. The molecule has 0 aliphatic rings. The van der Waals surface area contributed by atoms with Crippen LogP contribution in [-0.2, 0) is 0 Å². The summed E-state index contributed by atoms with van der Waals surface area (Å²) >= 11 is 0. The van der Waals surface area contributed by atoms with Crippen molar-refractivity contribution >= 4 is 5.82 Å². The van der Waals surface area contributed by atoms with Crippen LogP contribution in [0.2, 0.25) is 0 Å². The van der Waals surface area contributed by atoms with Crippen molar-refractivity contribution in [2.24, 2.45) is 0 Å². The minimum absolute atomic E-state index is 0.0334. The Hall–Kier alpha value is -1.73. The Morgan fingerprint density at radius 1 is 1.35 bits per heavy atom. The minimum atomic E-state index is -4.46. The fraction of sp³-hybridized carbons (Fsp3) is 0.556. The molecule has 0 amide bonds. The standard InChI is InChI=1S/C9H12F3N3O2/c1-5(9(10,11)12)17-8-6(16-3)7(13-2)14-4-15-8/h4-5H,1-3H3,(H,13,14,15). The van der Waals surface area contributed by atoms with Crippen LogP contribution in [0.4, 0.5) is 19.0 Å². The first-order chi connectivity index (χ1) is 7.90. The smallest absolute Gasteiger partial charge is 0.425 e. The van der Waals surface area contributed by atoms with Crippen LogP contribution >= 0.6 is 0 Å². The molecule has 1 aromatic rings. The van der Waals surface area contributed by atoms with E-state index in [4.69, 9.17) is 9.47 Å². The van der Waals surface area contributed by atoms with Crippen molar-refractivity contribution in [2.45, 2.75) is 19.2 Å². The topological polar surface area (TPSA) is 56.3 Å². The van der Waals surface area contributed by atoms with Gasteiger partial charge in [0, 0.05) is 7.05 Å². The molecule has 1 unspecified atom stereocenters. The summed E-state index contributed by atoms with van der Waals surface area (Å²) in [6, 6.07) is 0. The van der Waals surface area contributed by atoms with Gasteiger partial charge in [-0.1, -0.05) is 0 Å². The second-order valence-electron chi connectivity index (χ2n) is 3.11. The first kappa shape index (κ1) is 13.3. The summed E-state index contributed by atoms with van der Waals surface area (Å²) in [5, 5.41) is 2.66. The number of anilines is 1. The number of nitrogens with zero attached hydrogens (tertiary/aromatic N) is 2. The van der Waals surface area contributed by atoms with E-state index >= 15 is 0 Å². The molecule has 1 aromatic heterocycles. The molecule has 1 rings (SSSR count). The number of ether oxygens (including phenoxy) is 2. The lowest BCUT2D eigenvalue weighted by Gasteiger charge is -2.18. The third kappa shape index (κ3) is 3.11. The molecule has 96 valence electrons. The van der Waals surface area contributed by atoms with Gasteiger partial charge in [-0.05, 0) is 6.92 Å². The molecule has 5 nitrogen and oxygen atoms in total. The van der Waals surface area contributed by atoms with Gasteiger partial charge in [0.1, 0.15) is 6.33 Å². The Balaban J connectivity index is 2.98. The van der Waals surface area contributed by atoms with Gasteiger partial charge in [0.2, 0.25) is 5.75 Å². The van der Waals surface area contributed by atoms with E-state index < -0.39 is 12.3 Å². The fourth-order valence-corrected chi connectivity index (χ4v) is 1.04. The fourth-order valence-electron chi connectivity index (χ4n) is 1.04. The summed E-state index contributed by atoms with van der Waals surface area (Å²) < 4.78 is 46.6. The Labute approximate surface area is 96.0 Å². The normalized spacial score (nSPS) is 13.1. The van der Waals surface area contributed by atoms with Crippen molar-refractivity contribution in [3.63, 3.8) is 0 Å². The number of nitrogens with one attached hydrogen (secondary N) is 1. The maximum absolute atomic E-state index is 12.3. The highest BCUT2D eigenvalue weighted by atomic mass is 19.4. The van der Waals surface area contributed by atoms with Gasteiger partial charge in [-0.15, -0.1) is 0 Å². The van der Waals surface area contributed by atoms with Gasteiger partial charge in [-0.2, -0.15) is 18.2 Å². The summed E-state index contributed by atoms with van der Waals surface area (Å²) in [5.41, 5.74) is 0. The minimum Gasteiger partial charge on any atom is -0.489 e. The van der Waals surface area contributed by atoms with E-state index in [0.717, 1.165) is 13.3 Å². The van der Waals surface area contributed by atoms with E-state index in [1.807, 2.05) is 0 Å². The number of methoxy groups -OCH3 is 1. The van der Waals surface area contributed by atoms with Crippen molar-refractivity contribution in [1.29, 1.82) is 0 Å². The molecule has 1 N–H and O–H groups in total. The molecule has 0 bridgehead atoms. The predicted molar refractivity (Wildman–Crippen MR) is 54.3 cm³/mol. The molecule has 0 spiro atoms. The Kier molecular flexibility index (Phi) is 3.97. The number of halogens is 3.